The third kappa shape index (κ3) is 3.66. The van der Waals surface area contributed by atoms with Crippen LogP contribution < -0.4 is 16.2 Å². The number of fused-ring (bicyclic) bond motifs is 5. The molecule has 4 aliphatic rings. The highest BCUT2D eigenvalue weighted by Crippen LogP contribution is 2.37. The molecule has 8 rings (SSSR count). The molecule has 3 fully saturated rings. The molecule has 0 unspecified atom stereocenters. The van der Waals surface area contributed by atoms with E-state index in [4.69, 9.17) is 4.98 Å². The van der Waals surface area contributed by atoms with E-state index in [2.05, 4.69) is 49.8 Å². The van der Waals surface area contributed by atoms with Gasteiger partial charge >= 0.3 is 0 Å². The number of nitrogens with one attached hydrogen (secondary N) is 4. The predicted molar refractivity (Wildman–Crippen MR) is 142 cm³/mol. The molecule has 0 radical (unpaired) electrons. The lowest BCUT2D eigenvalue weighted by atomic mass is 9.83. The van der Waals surface area contributed by atoms with E-state index in [9.17, 15) is 4.79 Å². The average molecular weight is 467 g/mol. The number of nitrogens with zero attached hydrogens (tertiary/aromatic N) is 2. The summed E-state index contributed by atoms with van der Waals surface area (Å²) in [6, 6.07) is 14.7. The van der Waals surface area contributed by atoms with E-state index in [0.29, 0.717) is 23.3 Å². The van der Waals surface area contributed by atoms with Gasteiger partial charge in [0.25, 0.3) is 5.56 Å². The molecule has 2 bridgehead atoms. The van der Waals surface area contributed by atoms with Gasteiger partial charge in [-0.05, 0) is 80.2 Å². The molecular weight excluding hydrogens is 436 g/mol. The molecule has 4 aromatic rings. The summed E-state index contributed by atoms with van der Waals surface area (Å²) in [4.78, 5) is 27.4. The summed E-state index contributed by atoms with van der Waals surface area (Å²) < 4.78 is 0. The second-order valence-corrected chi connectivity index (χ2v) is 10.1. The van der Waals surface area contributed by atoms with Crippen LogP contribution in [-0.4, -0.2) is 58.6 Å². The van der Waals surface area contributed by atoms with Crippen LogP contribution >= 0.6 is 0 Å². The SMILES string of the molecule is O=c1[nH]c2ccc(C3=CCNCC3)cc2c(N[C@H]2CN3CCC2CC3)c1-c1nc2ccccc2[nH]1. The number of rotatable bonds is 4. The number of pyridine rings is 1. The molecule has 7 heteroatoms. The van der Waals surface area contributed by atoms with Gasteiger partial charge in [-0.3, -0.25) is 4.79 Å². The van der Waals surface area contributed by atoms with Crippen LogP contribution in [0.1, 0.15) is 24.8 Å². The lowest BCUT2D eigenvalue weighted by Gasteiger charge is -2.45. The maximum Gasteiger partial charge on any atom is 0.261 e. The Morgan fingerprint density at radius 1 is 1.03 bits per heavy atom. The first-order valence-electron chi connectivity index (χ1n) is 12.8. The minimum absolute atomic E-state index is 0.117. The van der Waals surface area contributed by atoms with Gasteiger partial charge in [-0.25, -0.2) is 4.98 Å². The van der Waals surface area contributed by atoms with E-state index < -0.39 is 0 Å². The van der Waals surface area contributed by atoms with Gasteiger partial charge in [-0.1, -0.05) is 24.3 Å². The first-order chi connectivity index (χ1) is 17.2. The number of benzene rings is 2. The molecule has 0 aliphatic carbocycles. The Labute approximate surface area is 203 Å². The maximum atomic E-state index is 13.5. The minimum atomic E-state index is -0.117. The van der Waals surface area contributed by atoms with E-state index in [0.717, 1.165) is 53.7 Å². The van der Waals surface area contributed by atoms with Crippen LogP contribution in [0.2, 0.25) is 0 Å². The van der Waals surface area contributed by atoms with Crippen LogP contribution in [0.5, 0.6) is 0 Å². The van der Waals surface area contributed by atoms with Crippen molar-refractivity contribution < 1.29 is 0 Å². The van der Waals surface area contributed by atoms with Crippen molar-refractivity contribution in [1.82, 2.24) is 25.2 Å². The van der Waals surface area contributed by atoms with E-state index in [1.807, 2.05) is 24.3 Å². The smallest absolute Gasteiger partial charge is 0.261 e. The molecule has 6 heterocycles. The predicted octanol–water partition coefficient (Wildman–Crippen LogP) is 3.95. The molecule has 3 saturated heterocycles. The first-order valence-corrected chi connectivity index (χ1v) is 12.8. The Bertz CT molecular complexity index is 1470. The molecular formula is C28H30N6O. The number of piperidine rings is 3. The van der Waals surface area contributed by atoms with Gasteiger partial charge in [0.05, 0.1) is 22.2 Å². The maximum absolute atomic E-state index is 13.5. The van der Waals surface area contributed by atoms with Crippen molar-refractivity contribution in [2.45, 2.75) is 25.3 Å². The molecule has 4 aliphatic heterocycles. The second-order valence-electron chi connectivity index (χ2n) is 10.1. The Kier molecular flexibility index (Phi) is 4.99. The summed E-state index contributed by atoms with van der Waals surface area (Å²) in [6.45, 7) is 5.27. The zero-order valence-electron chi connectivity index (χ0n) is 19.7. The fourth-order valence-corrected chi connectivity index (χ4v) is 6.14. The van der Waals surface area contributed by atoms with Crippen LogP contribution in [-0.2, 0) is 0 Å². The molecule has 2 aromatic carbocycles. The summed E-state index contributed by atoms with van der Waals surface area (Å²) in [6.07, 6.45) is 5.71. The number of aromatic amines is 2. The van der Waals surface area contributed by atoms with E-state index in [1.165, 1.54) is 37.1 Å². The highest BCUT2D eigenvalue weighted by molar-refractivity contribution is 6.00. The first kappa shape index (κ1) is 20.9. The highest BCUT2D eigenvalue weighted by Gasteiger charge is 2.35. The molecule has 4 N–H and O–H groups in total. The molecule has 1 atom stereocenters. The Balaban J connectivity index is 1.43. The summed E-state index contributed by atoms with van der Waals surface area (Å²) in [5.41, 5.74) is 6.62. The third-order valence-electron chi connectivity index (χ3n) is 8.06. The molecule has 0 amide bonds. The summed E-state index contributed by atoms with van der Waals surface area (Å²) >= 11 is 0. The van der Waals surface area contributed by atoms with Crippen molar-refractivity contribution in [3.63, 3.8) is 0 Å². The molecule has 35 heavy (non-hydrogen) atoms. The van der Waals surface area contributed by atoms with Crippen molar-refractivity contribution in [3.05, 3.63) is 64.5 Å². The number of H-pyrrole nitrogens is 2. The Hall–Kier alpha value is -3.42. The number of imidazole rings is 1. The average Bonchev–Trinajstić information content (AvgIpc) is 3.33. The van der Waals surface area contributed by atoms with Gasteiger partial charge < -0.3 is 25.5 Å². The lowest BCUT2D eigenvalue weighted by Crippen LogP contribution is -2.53. The van der Waals surface area contributed by atoms with E-state index in [1.54, 1.807) is 0 Å². The number of anilines is 1. The summed E-state index contributed by atoms with van der Waals surface area (Å²) in [5, 5.41) is 8.33. The standard InChI is InChI=1S/C28H30N6O/c35-28-25(27-31-22-3-1-2-4-23(22)32-27)26(30-24-16-34-13-9-18(24)10-14-34)20-15-19(5-6-21(20)33-28)17-7-11-29-12-8-17/h1-7,15,18,24,29H,8-14,16H2,(H,31,32)(H2,30,33,35)/t24-/m0/s1. The highest BCUT2D eigenvalue weighted by atomic mass is 16.1. The van der Waals surface area contributed by atoms with Gasteiger partial charge in [-0.15, -0.1) is 0 Å². The monoisotopic (exact) mass is 466 g/mol. The molecule has 178 valence electrons. The van der Waals surface area contributed by atoms with Crippen molar-refractivity contribution in [3.8, 4) is 11.4 Å². The van der Waals surface area contributed by atoms with Gasteiger partial charge in [0.15, 0.2) is 0 Å². The van der Waals surface area contributed by atoms with Crippen LogP contribution in [0.15, 0.2) is 53.3 Å². The number of hydrogen-bond acceptors (Lipinski definition) is 5. The van der Waals surface area contributed by atoms with Crippen LogP contribution in [0.25, 0.3) is 38.9 Å². The Morgan fingerprint density at radius 3 is 2.69 bits per heavy atom. The minimum Gasteiger partial charge on any atom is -0.379 e. The summed E-state index contributed by atoms with van der Waals surface area (Å²) in [5.74, 6) is 1.25. The fraction of sp³-hybridized carbons (Fsp3) is 0.357. The zero-order valence-corrected chi connectivity index (χ0v) is 19.7. The Morgan fingerprint density at radius 2 is 1.91 bits per heavy atom. The normalized spacial score (nSPS) is 24.1. The lowest BCUT2D eigenvalue weighted by molar-refractivity contribution is 0.0976. The third-order valence-corrected chi connectivity index (χ3v) is 8.06. The van der Waals surface area contributed by atoms with Gasteiger partial charge in [0, 0.05) is 24.5 Å². The summed E-state index contributed by atoms with van der Waals surface area (Å²) in [7, 11) is 0. The van der Waals surface area contributed by atoms with Crippen LogP contribution in [0.3, 0.4) is 0 Å². The van der Waals surface area contributed by atoms with E-state index >= 15 is 0 Å². The van der Waals surface area contributed by atoms with Gasteiger partial charge in [0.1, 0.15) is 11.4 Å². The number of hydrogen-bond donors (Lipinski definition) is 4. The van der Waals surface area contributed by atoms with Crippen LogP contribution in [0.4, 0.5) is 5.69 Å². The van der Waals surface area contributed by atoms with E-state index in [-0.39, 0.29) is 5.56 Å². The van der Waals surface area contributed by atoms with Crippen molar-refractivity contribution in [2.24, 2.45) is 5.92 Å². The number of para-hydroxylation sites is 2. The quantitative estimate of drug-likeness (QED) is 0.366. The van der Waals surface area contributed by atoms with Crippen molar-refractivity contribution >= 4 is 33.2 Å². The molecule has 0 saturated carbocycles. The van der Waals surface area contributed by atoms with Gasteiger partial charge in [0.2, 0.25) is 0 Å². The fourth-order valence-electron chi connectivity index (χ4n) is 6.14. The van der Waals surface area contributed by atoms with Crippen molar-refractivity contribution in [1.29, 1.82) is 0 Å². The molecule has 7 nitrogen and oxygen atoms in total. The largest absolute Gasteiger partial charge is 0.379 e. The van der Waals surface area contributed by atoms with Crippen LogP contribution in [0, 0.1) is 5.92 Å². The van der Waals surface area contributed by atoms with Gasteiger partial charge in [-0.2, -0.15) is 0 Å². The molecule has 2 aromatic heterocycles. The zero-order chi connectivity index (χ0) is 23.4. The van der Waals surface area contributed by atoms with Crippen molar-refractivity contribution in [2.75, 3.05) is 38.0 Å². The molecule has 0 spiro atoms. The number of aromatic nitrogens is 3. The second kappa shape index (κ2) is 8.36. The topological polar surface area (TPSA) is 88.8 Å².